The van der Waals surface area contributed by atoms with Gasteiger partial charge in [-0.05, 0) is 24.0 Å². The number of nitrogens with zero attached hydrogens (tertiary/aromatic N) is 2. The Labute approximate surface area is 228 Å². The van der Waals surface area contributed by atoms with Crippen LogP contribution in [-0.2, 0) is 29.6 Å². The maximum atomic E-state index is 12.4. The number of carbonyl (C=O) groups excluding carboxylic acids is 2. The van der Waals surface area contributed by atoms with E-state index in [0.717, 1.165) is 21.5 Å². The lowest BCUT2D eigenvalue weighted by Gasteiger charge is -2.15. The van der Waals surface area contributed by atoms with Gasteiger partial charge in [0.1, 0.15) is 14.8 Å². The van der Waals surface area contributed by atoms with Gasteiger partial charge >= 0.3 is 5.91 Å². The van der Waals surface area contributed by atoms with Crippen molar-refractivity contribution < 1.29 is 31.5 Å². The standard InChI is InChI=1S/C13H14ClNO3S.C13H15NO4S/c1-2-3-9-15-13(16)11(14)12(19(15,17)18)10-7-5-4-6-8-10;1-2-3-9-14-13(16)11(15)12(19(14,17)18)10-7-5-4-6-8-10/h4-8H,2-3,9H2,1H3;4-8,15H,2-3,9H2,1H3. The van der Waals surface area contributed by atoms with Crippen molar-refractivity contribution in [2.45, 2.75) is 39.5 Å². The van der Waals surface area contributed by atoms with E-state index in [9.17, 15) is 31.5 Å². The molecule has 4 rings (SSSR count). The SMILES string of the molecule is CCCCN1C(=O)C(Cl)=C(c2ccccc2)S1(=O)=O.CCCCN1C(=O)C(O)=C(c2ccccc2)S1(=O)=O. The first-order valence-electron chi connectivity index (χ1n) is 12.1. The maximum absolute atomic E-state index is 12.4. The molecule has 2 aliphatic heterocycles. The van der Waals surface area contributed by atoms with Crippen molar-refractivity contribution in [3.8, 4) is 0 Å². The summed E-state index contributed by atoms with van der Waals surface area (Å²) in [6.45, 7) is 4.10. The number of benzene rings is 2. The number of halogens is 1. The number of unbranched alkanes of at least 4 members (excludes halogenated alkanes) is 2. The Balaban J connectivity index is 0.000000211. The normalized spacial score (nSPS) is 18.2. The van der Waals surface area contributed by atoms with Crippen molar-refractivity contribution >= 4 is 53.3 Å². The molecule has 2 aromatic carbocycles. The second-order valence-electron chi connectivity index (χ2n) is 8.52. The Morgan fingerprint density at radius 3 is 1.53 bits per heavy atom. The van der Waals surface area contributed by atoms with Gasteiger partial charge in [-0.3, -0.25) is 9.59 Å². The summed E-state index contributed by atoms with van der Waals surface area (Å²) in [5, 5.41) is 9.61. The van der Waals surface area contributed by atoms with Crippen LogP contribution in [0.5, 0.6) is 0 Å². The molecule has 204 valence electrons. The van der Waals surface area contributed by atoms with Gasteiger partial charge in [-0.2, -0.15) is 0 Å². The molecule has 0 atom stereocenters. The maximum Gasteiger partial charge on any atom is 0.303 e. The fourth-order valence-electron chi connectivity index (χ4n) is 3.88. The van der Waals surface area contributed by atoms with Gasteiger partial charge in [-0.1, -0.05) is 99.0 Å². The monoisotopic (exact) mass is 580 g/mol. The van der Waals surface area contributed by atoms with Crippen LogP contribution in [-0.4, -0.2) is 55.5 Å². The number of rotatable bonds is 8. The van der Waals surface area contributed by atoms with E-state index in [0.29, 0.717) is 24.0 Å². The van der Waals surface area contributed by atoms with E-state index in [-0.39, 0.29) is 27.9 Å². The highest BCUT2D eigenvalue weighted by Crippen LogP contribution is 2.37. The van der Waals surface area contributed by atoms with Crippen molar-refractivity contribution in [1.29, 1.82) is 0 Å². The van der Waals surface area contributed by atoms with Crippen LogP contribution in [0.3, 0.4) is 0 Å². The number of aliphatic hydroxyl groups excluding tert-OH is 1. The van der Waals surface area contributed by atoms with Gasteiger partial charge in [-0.15, -0.1) is 0 Å². The summed E-state index contributed by atoms with van der Waals surface area (Å²) in [4.78, 5) is 23.4. The number of carbonyl (C=O) groups is 2. The Kier molecular flexibility index (Phi) is 9.40. The minimum absolute atomic E-state index is 0.0872. The van der Waals surface area contributed by atoms with Gasteiger partial charge in [0.25, 0.3) is 26.0 Å². The lowest BCUT2D eigenvalue weighted by Crippen LogP contribution is -2.32. The molecule has 38 heavy (non-hydrogen) atoms. The van der Waals surface area contributed by atoms with Gasteiger partial charge in [0.2, 0.25) is 5.76 Å². The third-order valence-electron chi connectivity index (χ3n) is 5.86. The van der Waals surface area contributed by atoms with E-state index in [2.05, 4.69) is 0 Å². The van der Waals surface area contributed by atoms with E-state index >= 15 is 0 Å². The Hall–Kier alpha value is -3.15. The fourth-order valence-corrected chi connectivity index (χ4v) is 7.74. The van der Waals surface area contributed by atoms with Crippen molar-refractivity contribution in [1.82, 2.24) is 8.61 Å². The van der Waals surface area contributed by atoms with Crippen molar-refractivity contribution in [2.75, 3.05) is 13.1 Å². The van der Waals surface area contributed by atoms with Crippen LogP contribution in [0.2, 0.25) is 0 Å². The molecule has 0 aromatic heterocycles. The first-order chi connectivity index (χ1) is 18.0. The molecule has 2 aromatic rings. The van der Waals surface area contributed by atoms with Crippen LogP contribution in [0, 0.1) is 0 Å². The van der Waals surface area contributed by atoms with Crippen LogP contribution >= 0.6 is 11.6 Å². The molecule has 9 nitrogen and oxygen atoms in total. The third-order valence-corrected chi connectivity index (χ3v) is 10.1. The third kappa shape index (κ3) is 5.64. The lowest BCUT2D eigenvalue weighted by atomic mass is 10.2. The van der Waals surface area contributed by atoms with E-state index in [4.69, 9.17) is 11.6 Å². The van der Waals surface area contributed by atoms with E-state index < -0.39 is 37.6 Å². The second kappa shape index (κ2) is 12.1. The number of aliphatic hydroxyl groups is 1. The lowest BCUT2D eigenvalue weighted by molar-refractivity contribution is -0.124. The minimum atomic E-state index is -3.94. The van der Waals surface area contributed by atoms with Gasteiger partial charge in [0, 0.05) is 13.1 Å². The molecule has 12 heteroatoms. The molecule has 1 N–H and O–H groups in total. The van der Waals surface area contributed by atoms with Crippen LogP contribution < -0.4 is 0 Å². The first-order valence-corrected chi connectivity index (χ1v) is 15.3. The number of sulfonamides is 2. The summed E-state index contributed by atoms with van der Waals surface area (Å²) >= 11 is 5.93. The number of hydrogen-bond acceptors (Lipinski definition) is 7. The molecule has 0 unspecified atom stereocenters. The Bertz CT molecular complexity index is 1360. The van der Waals surface area contributed by atoms with Gasteiger partial charge in [0.05, 0.1) is 0 Å². The molecular weight excluding hydrogens is 552 g/mol. The van der Waals surface area contributed by atoms with Crippen molar-refractivity contribution in [3.05, 3.63) is 82.6 Å². The molecule has 0 fully saturated rings. The number of hydrogen-bond donors (Lipinski definition) is 1. The fraction of sp³-hybridized carbons (Fsp3) is 0.308. The zero-order valence-electron chi connectivity index (χ0n) is 21.0. The average Bonchev–Trinajstić information content (AvgIpc) is 3.17. The zero-order chi connectivity index (χ0) is 28.1. The summed E-state index contributed by atoms with van der Waals surface area (Å²) in [6.07, 6.45) is 2.76. The highest BCUT2D eigenvalue weighted by Gasteiger charge is 2.44. The van der Waals surface area contributed by atoms with Crippen molar-refractivity contribution in [3.63, 3.8) is 0 Å². The second-order valence-corrected chi connectivity index (χ2v) is 12.5. The quantitative estimate of drug-likeness (QED) is 0.488. The van der Waals surface area contributed by atoms with Crippen molar-refractivity contribution in [2.24, 2.45) is 0 Å². The van der Waals surface area contributed by atoms with E-state index in [1.807, 2.05) is 13.8 Å². The highest BCUT2D eigenvalue weighted by atomic mass is 35.5. The molecule has 0 aliphatic carbocycles. The molecule has 0 bridgehead atoms. The van der Waals surface area contributed by atoms with Crippen LogP contribution in [0.1, 0.15) is 50.7 Å². The predicted octanol–water partition coefficient (Wildman–Crippen LogP) is 4.45. The largest absolute Gasteiger partial charge is 0.502 e. The molecule has 0 spiro atoms. The molecule has 2 aliphatic rings. The molecule has 0 saturated carbocycles. The minimum Gasteiger partial charge on any atom is -0.502 e. The molecule has 0 saturated heterocycles. The van der Waals surface area contributed by atoms with Crippen LogP contribution in [0.4, 0.5) is 0 Å². The molecule has 2 heterocycles. The molecular formula is C26H29ClN2O7S2. The predicted molar refractivity (Wildman–Crippen MR) is 146 cm³/mol. The summed E-state index contributed by atoms with van der Waals surface area (Å²) in [5.41, 5.74) is 0.771. The van der Waals surface area contributed by atoms with E-state index in [1.165, 1.54) is 0 Å². The number of amides is 2. The summed E-state index contributed by atoms with van der Waals surface area (Å²) in [5.74, 6) is -2.16. The van der Waals surface area contributed by atoms with Gasteiger partial charge in [0.15, 0.2) is 0 Å². The summed E-state index contributed by atoms with van der Waals surface area (Å²) in [6, 6.07) is 16.6. The first kappa shape index (κ1) is 29.4. The summed E-state index contributed by atoms with van der Waals surface area (Å²) in [7, 11) is -7.76. The average molecular weight is 581 g/mol. The molecule has 0 radical (unpaired) electrons. The zero-order valence-corrected chi connectivity index (χ0v) is 23.4. The Morgan fingerprint density at radius 1 is 0.684 bits per heavy atom. The van der Waals surface area contributed by atoms with E-state index in [1.54, 1.807) is 60.7 Å². The molecule has 2 amide bonds. The van der Waals surface area contributed by atoms with Crippen LogP contribution in [0.15, 0.2) is 71.5 Å². The Morgan fingerprint density at radius 2 is 1.08 bits per heavy atom. The highest BCUT2D eigenvalue weighted by molar-refractivity contribution is 8.00. The van der Waals surface area contributed by atoms with Gasteiger partial charge in [-0.25, -0.2) is 25.4 Å². The van der Waals surface area contributed by atoms with Crippen LogP contribution in [0.25, 0.3) is 9.81 Å². The summed E-state index contributed by atoms with van der Waals surface area (Å²) < 4.78 is 51.0. The topological polar surface area (TPSA) is 129 Å². The van der Waals surface area contributed by atoms with Gasteiger partial charge < -0.3 is 5.11 Å². The smallest absolute Gasteiger partial charge is 0.303 e.